The number of benzene rings is 3. The lowest BCUT2D eigenvalue weighted by molar-refractivity contribution is 0.0990. The van der Waals surface area contributed by atoms with E-state index < -0.39 is 0 Å². The number of Topliss-reactive ketones (excluding diaryl/α,β-unsaturated/α-hetero) is 2. The van der Waals surface area contributed by atoms with E-state index in [4.69, 9.17) is 4.42 Å². The third kappa shape index (κ3) is 3.14. The minimum atomic E-state index is -0.317. The summed E-state index contributed by atoms with van der Waals surface area (Å²) in [6, 6.07) is 19.2. The molecule has 0 radical (unpaired) electrons. The van der Waals surface area contributed by atoms with Crippen molar-refractivity contribution in [2.24, 2.45) is 7.05 Å². The van der Waals surface area contributed by atoms with Crippen molar-refractivity contribution in [3.05, 3.63) is 92.2 Å². The Morgan fingerprint density at radius 1 is 0.879 bits per heavy atom. The fraction of sp³-hybridized carbons (Fsp3) is 0.0385. The Kier molecular flexibility index (Phi) is 4.54. The molecule has 3 aromatic carbocycles. The molecule has 7 heteroatoms. The number of fused-ring (bicyclic) bond motifs is 3. The van der Waals surface area contributed by atoms with Crippen LogP contribution < -0.4 is 0 Å². The summed E-state index contributed by atoms with van der Waals surface area (Å²) in [6.07, 6.45) is 1.45. The Bertz CT molecular complexity index is 1610. The Labute approximate surface area is 205 Å². The molecule has 0 bridgehead atoms. The zero-order valence-corrected chi connectivity index (χ0v) is 20.4. The first kappa shape index (κ1) is 20.3. The molecule has 0 fully saturated rings. The van der Waals surface area contributed by atoms with Crippen LogP contribution in [0.15, 0.2) is 79.6 Å². The summed E-state index contributed by atoms with van der Waals surface area (Å²) in [7, 11) is 1.91. The Hall–Kier alpha value is -3.29. The Morgan fingerprint density at radius 2 is 1.48 bits per heavy atom. The van der Waals surface area contributed by atoms with E-state index in [0.29, 0.717) is 22.4 Å². The number of carbonyl (C=O) groups is 2. The van der Waals surface area contributed by atoms with Gasteiger partial charge in [0.2, 0.25) is 5.89 Å². The van der Waals surface area contributed by atoms with Crippen LogP contribution in [0.25, 0.3) is 39.3 Å². The van der Waals surface area contributed by atoms with Crippen LogP contribution in [0.2, 0.25) is 0 Å². The summed E-state index contributed by atoms with van der Waals surface area (Å²) in [5.41, 5.74) is 4.13. The second kappa shape index (κ2) is 7.37. The molecule has 2 heterocycles. The van der Waals surface area contributed by atoms with Crippen molar-refractivity contribution >= 4 is 71.5 Å². The Balaban J connectivity index is 1.42. The molecule has 0 spiro atoms. The number of rotatable bonds is 2. The van der Waals surface area contributed by atoms with Gasteiger partial charge in [0.25, 0.3) is 0 Å². The van der Waals surface area contributed by atoms with Crippen LogP contribution in [0.5, 0.6) is 0 Å². The van der Waals surface area contributed by atoms with Crippen LogP contribution in [0.4, 0.5) is 0 Å². The van der Waals surface area contributed by atoms with E-state index in [0.717, 1.165) is 31.0 Å². The molecule has 0 amide bonds. The molecule has 1 aliphatic carbocycles. The van der Waals surface area contributed by atoms with Crippen LogP contribution in [0.3, 0.4) is 0 Å². The van der Waals surface area contributed by atoms with E-state index >= 15 is 0 Å². The highest BCUT2D eigenvalue weighted by atomic mass is 79.9. The second-order valence-electron chi connectivity index (χ2n) is 7.92. The third-order valence-corrected chi connectivity index (χ3v) is 7.77. The van der Waals surface area contributed by atoms with Gasteiger partial charge in [-0.25, -0.2) is 0 Å². The molecule has 0 saturated heterocycles. The van der Waals surface area contributed by atoms with Gasteiger partial charge in [0.05, 0.1) is 11.3 Å². The van der Waals surface area contributed by atoms with E-state index in [9.17, 15) is 9.59 Å². The predicted octanol–water partition coefficient (Wildman–Crippen LogP) is 6.97. The molecular formula is C26H14Br2N2O3. The van der Waals surface area contributed by atoms with E-state index in [2.05, 4.69) is 36.8 Å². The molecule has 5 aromatic rings. The van der Waals surface area contributed by atoms with Crippen molar-refractivity contribution in [1.29, 1.82) is 0 Å². The number of oxazole rings is 1. The normalized spacial score (nSPS) is 13.4. The SMILES string of the molecule is Cn1c(-c2ccccc2)cc2oc(C=C3C(=O)c4cc5cc(Br)c(Br)cc5cc4C3=O)nc21. The minimum absolute atomic E-state index is 0.0632. The number of aryl methyl sites for hydroxylation is 1. The van der Waals surface area contributed by atoms with Crippen molar-refractivity contribution in [3.8, 4) is 11.3 Å². The highest BCUT2D eigenvalue weighted by Crippen LogP contribution is 2.35. The molecular weight excluding hydrogens is 548 g/mol. The van der Waals surface area contributed by atoms with Crippen molar-refractivity contribution in [3.63, 3.8) is 0 Å². The van der Waals surface area contributed by atoms with Gasteiger partial charge in [0.15, 0.2) is 22.8 Å². The molecule has 5 nitrogen and oxygen atoms in total. The number of ketones is 2. The number of hydrogen-bond donors (Lipinski definition) is 0. The molecule has 2 aromatic heterocycles. The molecule has 33 heavy (non-hydrogen) atoms. The summed E-state index contributed by atoms with van der Waals surface area (Å²) in [5, 5.41) is 1.75. The molecule has 6 rings (SSSR count). The average molecular weight is 562 g/mol. The first-order valence-electron chi connectivity index (χ1n) is 10.2. The van der Waals surface area contributed by atoms with Gasteiger partial charge in [-0.05, 0) is 72.5 Å². The van der Waals surface area contributed by atoms with Gasteiger partial charge in [-0.15, -0.1) is 0 Å². The van der Waals surface area contributed by atoms with Crippen LogP contribution in [0, 0.1) is 0 Å². The largest absolute Gasteiger partial charge is 0.435 e. The number of aromatic nitrogens is 2. The van der Waals surface area contributed by atoms with E-state index in [-0.39, 0.29) is 23.0 Å². The van der Waals surface area contributed by atoms with Crippen LogP contribution in [0.1, 0.15) is 26.6 Å². The maximum Gasteiger partial charge on any atom is 0.222 e. The standard InChI is InChI=1S/C26H14Br2N2O3/c1-30-21(13-5-3-2-4-6-13)12-22-26(30)29-23(33-22)11-18-24(31)16-7-14-9-19(27)20(28)10-15(14)8-17(16)25(18)32/h2-12H,1H3. The summed E-state index contributed by atoms with van der Waals surface area (Å²) < 4.78 is 9.59. The van der Waals surface area contributed by atoms with Crippen LogP contribution in [-0.2, 0) is 7.05 Å². The van der Waals surface area contributed by atoms with Crippen molar-refractivity contribution < 1.29 is 14.0 Å². The lowest BCUT2D eigenvalue weighted by Crippen LogP contribution is -2.00. The van der Waals surface area contributed by atoms with Crippen molar-refractivity contribution in [2.45, 2.75) is 0 Å². The number of halogens is 2. The third-order valence-electron chi connectivity index (χ3n) is 5.93. The maximum absolute atomic E-state index is 13.1. The summed E-state index contributed by atoms with van der Waals surface area (Å²) in [5.74, 6) is -0.402. The average Bonchev–Trinajstić information content (AvgIpc) is 3.42. The molecule has 0 aliphatic heterocycles. The van der Waals surface area contributed by atoms with Crippen molar-refractivity contribution in [2.75, 3.05) is 0 Å². The fourth-order valence-corrected chi connectivity index (χ4v) is 5.00. The molecule has 0 unspecified atom stereocenters. The first-order valence-corrected chi connectivity index (χ1v) is 11.7. The number of carbonyl (C=O) groups excluding carboxylic acids is 2. The minimum Gasteiger partial charge on any atom is -0.435 e. The van der Waals surface area contributed by atoms with Gasteiger partial charge in [0.1, 0.15) is 0 Å². The van der Waals surface area contributed by atoms with Gasteiger partial charge < -0.3 is 8.98 Å². The quantitative estimate of drug-likeness (QED) is 0.172. The molecule has 0 N–H and O–H groups in total. The smallest absolute Gasteiger partial charge is 0.222 e. The topological polar surface area (TPSA) is 65.1 Å². The highest BCUT2D eigenvalue weighted by Gasteiger charge is 2.34. The van der Waals surface area contributed by atoms with E-state index in [1.807, 2.05) is 60.1 Å². The van der Waals surface area contributed by atoms with Gasteiger partial charge >= 0.3 is 0 Å². The van der Waals surface area contributed by atoms with Crippen LogP contribution >= 0.6 is 31.9 Å². The lowest BCUT2D eigenvalue weighted by atomic mass is 10.0. The molecule has 0 saturated carbocycles. The summed E-state index contributed by atoms with van der Waals surface area (Å²) in [4.78, 5) is 30.7. The Morgan fingerprint density at radius 3 is 2.06 bits per heavy atom. The number of hydrogen-bond acceptors (Lipinski definition) is 4. The zero-order valence-electron chi connectivity index (χ0n) is 17.2. The molecule has 0 atom stereocenters. The number of nitrogens with zero attached hydrogens (tertiary/aromatic N) is 2. The van der Waals surface area contributed by atoms with E-state index in [1.165, 1.54) is 6.08 Å². The lowest BCUT2D eigenvalue weighted by Gasteiger charge is -2.04. The van der Waals surface area contributed by atoms with Gasteiger partial charge in [0, 0.05) is 39.3 Å². The number of allylic oxidation sites excluding steroid dienone is 1. The van der Waals surface area contributed by atoms with Gasteiger partial charge in [-0.3, -0.25) is 9.59 Å². The van der Waals surface area contributed by atoms with Gasteiger partial charge in [-0.1, -0.05) is 30.3 Å². The molecule has 1 aliphatic rings. The second-order valence-corrected chi connectivity index (χ2v) is 9.63. The highest BCUT2D eigenvalue weighted by molar-refractivity contribution is 9.13. The first-order chi connectivity index (χ1) is 15.9. The summed E-state index contributed by atoms with van der Waals surface area (Å²) in [6.45, 7) is 0. The maximum atomic E-state index is 13.1. The van der Waals surface area contributed by atoms with Crippen LogP contribution in [-0.4, -0.2) is 21.1 Å². The predicted molar refractivity (Wildman–Crippen MR) is 134 cm³/mol. The van der Waals surface area contributed by atoms with Crippen molar-refractivity contribution in [1.82, 2.24) is 9.55 Å². The molecule has 160 valence electrons. The fourth-order valence-electron chi connectivity index (χ4n) is 4.28. The van der Waals surface area contributed by atoms with Gasteiger partial charge in [-0.2, -0.15) is 4.98 Å². The monoisotopic (exact) mass is 560 g/mol. The van der Waals surface area contributed by atoms with E-state index in [1.54, 1.807) is 12.1 Å². The zero-order chi connectivity index (χ0) is 22.9. The summed E-state index contributed by atoms with van der Waals surface area (Å²) >= 11 is 6.97.